The maximum atomic E-state index is 11.0. The number of thiophene rings is 1. The molecule has 62 valence electrons. The zero-order valence-electron chi connectivity index (χ0n) is 5.57. The molecule has 0 saturated heterocycles. The first-order valence-electron chi connectivity index (χ1n) is 2.61. The van der Waals surface area contributed by atoms with Crippen LogP contribution in [0.15, 0.2) is 16.3 Å². The van der Waals surface area contributed by atoms with Gasteiger partial charge in [-0.1, -0.05) is 11.6 Å². The van der Waals surface area contributed by atoms with Crippen LogP contribution in [0.3, 0.4) is 0 Å². The molecule has 0 spiro atoms. The molecule has 0 aliphatic rings. The van der Waals surface area contributed by atoms with E-state index in [-0.39, 0.29) is 9.23 Å². The van der Waals surface area contributed by atoms with Gasteiger partial charge in [-0.3, -0.25) is 4.18 Å². The quantitative estimate of drug-likeness (QED) is 0.702. The van der Waals surface area contributed by atoms with Crippen molar-refractivity contribution in [2.24, 2.45) is 0 Å². The van der Waals surface area contributed by atoms with Crippen molar-refractivity contribution in [1.82, 2.24) is 0 Å². The van der Waals surface area contributed by atoms with Gasteiger partial charge in [-0.15, -0.1) is 11.3 Å². The minimum atomic E-state index is -3.61. The smallest absolute Gasteiger partial charge is 0.270 e. The molecule has 0 radical (unpaired) electrons. The Bertz CT molecular complexity index is 340. The molecule has 6 heteroatoms. The average Bonchev–Trinajstić information content (AvgIpc) is 2.36. The van der Waals surface area contributed by atoms with Crippen molar-refractivity contribution in [3.05, 3.63) is 15.8 Å². The fourth-order valence-corrected chi connectivity index (χ4v) is 2.71. The highest BCUT2D eigenvalue weighted by Crippen LogP contribution is 2.27. The second-order valence-corrected chi connectivity index (χ2v) is 4.88. The number of halogens is 1. The summed E-state index contributed by atoms with van der Waals surface area (Å²) in [7, 11) is -2.51. The summed E-state index contributed by atoms with van der Waals surface area (Å²) in [5.74, 6) is 0. The van der Waals surface area contributed by atoms with Gasteiger partial charge in [0.1, 0.15) is 9.23 Å². The number of rotatable bonds is 2. The largest absolute Gasteiger partial charge is 0.299 e. The molecule has 0 aromatic carbocycles. The van der Waals surface area contributed by atoms with Gasteiger partial charge in [-0.2, -0.15) is 8.42 Å². The Morgan fingerprint density at radius 1 is 1.64 bits per heavy atom. The SMILES string of the molecule is COS(=O)(=O)c1ccsc1Cl. The summed E-state index contributed by atoms with van der Waals surface area (Å²) in [5, 5.41) is 1.59. The van der Waals surface area contributed by atoms with Gasteiger partial charge < -0.3 is 0 Å². The lowest BCUT2D eigenvalue weighted by Gasteiger charge is -1.96. The maximum absolute atomic E-state index is 11.0. The lowest BCUT2D eigenvalue weighted by Crippen LogP contribution is -2.01. The first-order chi connectivity index (χ1) is 5.08. The highest BCUT2D eigenvalue weighted by atomic mass is 35.5. The van der Waals surface area contributed by atoms with Gasteiger partial charge in [0.25, 0.3) is 10.1 Å². The van der Waals surface area contributed by atoms with Gasteiger partial charge in [0.15, 0.2) is 0 Å². The summed E-state index contributed by atoms with van der Waals surface area (Å²) < 4.78 is 26.5. The Balaban J connectivity index is 3.22. The van der Waals surface area contributed by atoms with E-state index in [9.17, 15) is 8.42 Å². The standard InChI is InChI=1S/C5H5ClO3S2/c1-9-11(7,8)4-2-3-10-5(4)6/h2-3H,1H3. The van der Waals surface area contributed by atoms with Crippen LogP contribution in [0, 0.1) is 0 Å². The van der Waals surface area contributed by atoms with Crippen molar-refractivity contribution in [3.8, 4) is 0 Å². The van der Waals surface area contributed by atoms with Crippen LogP contribution < -0.4 is 0 Å². The molecule has 0 bridgehead atoms. The Morgan fingerprint density at radius 3 is 2.64 bits per heavy atom. The normalized spacial score (nSPS) is 11.8. The Morgan fingerprint density at radius 2 is 2.27 bits per heavy atom. The molecule has 1 heterocycles. The van der Waals surface area contributed by atoms with Crippen molar-refractivity contribution in [2.45, 2.75) is 4.90 Å². The van der Waals surface area contributed by atoms with Crippen molar-refractivity contribution in [1.29, 1.82) is 0 Å². The third kappa shape index (κ3) is 1.73. The van der Waals surface area contributed by atoms with Crippen molar-refractivity contribution in [2.75, 3.05) is 7.11 Å². The van der Waals surface area contributed by atoms with Gasteiger partial charge in [0.05, 0.1) is 7.11 Å². The fraction of sp³-hybridized carbons (Fsp3) is 0.200. The van der Waals surface area contributed by atoms with Gasteiger partial charge in [-0.05, 0) is 11.4 Å². The Hall–Kier alpha value is -0.100. The highest BCUT2D eigenvalue weighted by molar-refractivity contribution is 7.87. The van der Waals surface area contributed by atoms with Crippen molar-refractivity contribution < 1.29 is 12.6 Å². The van der Waals surface area contributed by atoms with Crippen LogP contribution in [0.25, 0.3) is 0 Å². The molecule has 1 aromatic heterocycles. The molecule has 0 unspecified atom stereocenters. The molecule has 0 saturated carbocycles. The predicted octanol–water partition coefficient (Wildman–Crippen LogP) is 1.74. The van der Waals surface area contributed by atoms with Crippen molar-refractivity contribution >= 4 is 33.1 Å². The molecule has 0 aliphatic heterocycles. The summed E-state index contributed by atoms with van der Waals surface area (Å²) in [4.78, 5) is 0.0340. The molecule has 11 heavy (non-hydrogen) atoms. The van der Waals surface area contributed by atoms with Crippen LogP contribution in [0.2, 0.25) is 4.34 Å². The van der Waals surface area contributed by atoms with Crippen LogP contribution >= 0.6 is 22.9 Å². The minimum Gasteiger partial charge on any atom is -0.270 e. The van der Waals surface area contributed by atoms with Crippen LogP contribution in [0.4, 0.5) is 0 Å². The van der Waals surface area contributed by atoms with Crippen LogP contribution in [-0.4, -0.2) is 15.5 Å². The topological polar surface area (TPSA) is 43.4 Å². The maximum Gasteiger partial charge on any atom is 0.299 e. The van der Waals surface area contributed by atoms with Gasteiger partial charge in [0, 0.05) is 0 Å². The fourth-order valence-electron chi connectivity index (χ4n) is 0.551. The second-order valence-electron chi connectivity index (χ2n) is 1.68. The Kier molecular flexibility index (Phi) is 2.54. The second kappa shape index (κ2) is 3.10. The molecular formula is C5H5ClO3S2. The lowest BCUT2D eigenvalue weighted by atomic mass is 10.7. The number of hydrogen-bond donors (Lipinski definition) is 0. The van der Waals surface area contributed by atoms with E-state index in [1.165, 1.54) is 6.07 Å². The van der Waals surface area contributed by atoms with Gasteiger partial charge >= 0.3 is 0 Å². The lowest BCUT2D eigenvalue weighted by molar-refractivity contribution is 0.398. The molecule has 1 aromatic rings. The third-order valence-corrected chi connectivity index (χ3v) is 3.80. The molecule has 0 N–H and O–H groups in total. The zero-order chi connectivity index (χ0) is 8.48. The monoisotopic (exact) mass is 212 g/mol. The van der Waals surface area contributed by atoms with E-state index in [4.69, 9.17) is 11.6 Å². The summed E-state index contributed by atoms with van der Waals surface area (Å²) >= 11 is 6.72. The van der Waals surface area contributed by atoms with E-state index in [1.54, 1.807) is 5.38 Å². The molecular weight excluding hydrogens is 208 g/mol. The van der Waals surface area contributed by atoms with Crippen LogP contribution in [0.5, 0.6) is 0 Å². The van der Waals surface area contributed by atoms with Crippen LogP contribution in [0.1, 0.15) is 0 Å². The first-order valence-corrected chi connectivity index (χ1v) is 5.28. The van der Waals surface area contributed by atoms with E-state index < -0.39 is 10.1 Å². The molecule has 1 rings (SSSR count). The van der Waals surface area contributed by atoms with Gasteiger partial charge in [-0.25, -0.2) is 0 Å². The van der Waals surface area contributed by atoms with Crippen LogP contribution in [-0.2, 0) is 14.3 Å². The third-order valence-electron chi connectivity index (χ3n) is 1.07. The van der Waals surface area contributed by atoms with E-state index in [0.29, 0.717) is 0 Å². The van der Waals surface area contributed by atoms with E-state index >= 15 is 0 Å². The summed E-state index contributed by atoms with van der Waals surface area (Å²) in [6, 6.07) is 1.41. The molecule has 0 amide bonds. The first kappa shape index (κ1) is 8.99. The highest BCUT2D eigenvalue weighted by Gasteiger charge is 2.17. The Labute approximate surface area is 73.7 Å². The molecule has 0 atom stereocenters. The van der Waals surface area contributed by atoms with Crippen molar-refractivity contribution in [3.63, 3.8) is 0 Å². The predicted molar refractivity (Wildman–Crippen MR) is 43.5 cm³/mol. The summed E-state index contributed by atoms with van der Waals surface area (Å²) in [5.41, 5.74) is 0. The summed E-state index contributed by atoms with van der Waals surface area (Å²) in [6.07, 6.45) is 0. The molecule has 0 aliphatic carbocycles. The zero-order valence-corrected chi connectivity index (χ0v) is 7.96. The van der Waals surface area contributed by atoms with E-state index in [0.717, 1.165) is 18.4 Å². The van der Waals surface area contributed by atoms with E-state index in [1.807, 2.05) is 0 Å². The number of hydrogen-bond acceptors (Lipinski definition) is 4. The molecule has 0 fully saturated rings. The van der Waals surface area contributed by atoms with Gasteiger partial charge in [0.2, 0.25) is 0 Å². The molecule has 3 nitrogen and oxygen atoms in total. The average molecular weight is 213 g/mol. The summed E-state index contributed by atoms with van der Waals surface area (Å²) in [6.45, 7) is 0. The van der Waals surface area contributed by atoms with E-state index in [2.05, 4.69) is 4.18 Å². The minimum absolute atomic E-state index is 0.0340.